The first-order valence-electron chi connectivity index (χ1n) is 6.76. The van der Waals surface area contributed by atoms with Crippen molar-refractivity contribution < 1.29 is 13.6 Å². The van der Waals surface area contributed by atoms with E-state index in [4.69, 9.17) is 34.8 Å². The number of amides is 1. The van der Waals surface area contributed by atoms with Crippen LogP contribution in [0.25, 0.3) is 0 Å². The molecule has 2 aromatic carbocycles. The third-order valence-corrected chi connectivity index (χ3v) is 4.91. The maximum absolute atomic E-state index is 12.3. The highest BCUT2D eigenvalue weighted by Crippen LogP contribution is 2.31. The molecule has 0 spiro atoms. The van der Waals surface area contributed by atoms with Crippen molar-refractivity contribution in [1.82, 2.24) is 5.32 Å². The van der Waals surface area contributed by atoms with E-state index in [0.29, 0.717) is 11.3 Å². The van der Waals surface area contributed by atoms with Crippen LogP contribution in [0, 0.1) is 0 Å². The minimum absolute atomic E-state index is 0.120. The van der Waals surface area contributed by atoms with Crippen molar-refractivity contribution in [2.75, 3.05) is 5.32 Å². The molecule has 0 heterocycles. The number of hydrogen-bond acceptors (Lipinski definition) is 4. The molecule has 0 radical (unpaired) electrons. The highest BCUT2D eigenvalue weighted by Gasteiger charge is 2.34. The molecule has 2 N–H and O–H groups in total. The van der Waals surface area contributed by atoms with Crippen molar-refractivity contribution in [3.8, 4) is 0 Å². The van der Waals surface area contributed by atoms with Crippen LogP contribution in [0.4, 0.5) is 5.69 Å². The molecule has 2 aromatic rings. The van der Waals surface area contributed by atoms with Crippen LogP contribution >= 0.6 is 50.7 Å². The van der Waals surface area contributed by atoms with Crippen molar-refractivity contribution in [2.45, 2.75) is 14.9 Å². The molecule has 0 bridgehead atoms. The van der Waals surface area contributed by atoms with Crippen molar-refractivity contribution in [3.05, 3.63) is 58.6 Å². The van der Waals surface area contributed by atoms with Gasteiger partial charge in [-0.1, -0.05) is 50.7 Å². The lowest BCUT2D eigenvalue weighted by molar-refractivity contribution is 0.0942. The molecule has 25 heavy (non-hydrogen) atoms. The van der Waals surface area contributed by atoms with E-state index in [-0.39, 0.29) is 4.90 Å². The van der Waals surface area contributed by atoms with Gasteiger partial charge in [-0.15, -0.1) is 0 Å². The molecule has 0 aromatic heterocycles. The van der Waals surface area contributed by atoms with E-state index in [0.717, 1.165) is 4.47 Å². The van der Waals surface area contributed by atoms with Gasteiger partial charge in [0.1, 0.15) is 6.17 Å². The number of nitrogens with one attached hydrogen (secondary N) is 2. The van der Waals surface area contributed by atoms with Crippen LogP contribution in [0.3, 0.4) is 0 Å². The van der Waals surface area contributed by atoms with E-state index in [1.165, 1.54) is 24.3 Å². The monoisotopic (exact) mass is 483 g/mol. The van der Waals surface area contributed by atoms with Crippen LogP contribution in [-0.2, 0) is 11.1 Å². The largest absolute Gasteiger partial charge is 0.768 e. The Balaban J connectivity index is 2.15. The van der Waals surface area contributed by atoms with Gasteiger partial charge in [-0.05, 0) is 59.6 Å². The van der Waals surface area contributed by atoms with E-state index in [1.807, 2.05) is 0 Å². The summed E-state index contributed by atoms with van der Waals surface area (Å²) in [4.78, 5) is 12.4. The van der Waals surface area contributed by atoms with Gasteiger partial charge in [0.15, 0.2) is 0 Å². The lowest BCUT2D eigenvalue weighted by Crippen LogP contribution is -2.49. The average molecular weight is 486 g/mol. The number of alkyl halides is 3. The number of rotatable bonds is 5. The highest BCUT2D eigenvalue weighted by atomic mass is 79.9. The van der Waals surface area contributed by atoms with Gasteiger partial charge in [-0.3, -0.25) is 9.00 Å². The van der Waals surface area contributed by atoms with Crippen LogP contribution in [0.5, 0.6) is 0 Å². The summed E-state index contributed by atoms with van der Waals surface area (Å²) >= 11 is 18.8. The van der Waals surface area contributed by atoms with Gasteiger partial charge >= 0.3 is 0 Å². The summed E-state index contributed by atoms with van der Waals surface area (Å²) < 4.78 is 20.7. The molecule has 0 saturated heterocycles. The van der Waals surface area contributed by atoms with Gasteiger partial charge in [-0.25, -0.2) is 0 Å². The molecule has 5 nitrogen and oxygen atoms in total. The molecular formula is C15H11BrCl3N2O3S-. The second-order valence-corrected chi connectivity index (χ2v) is 9.08. The predicted molar refractivity (Wildman–Crippen MR) is 103 cm³/mol. The van der Waals surface area contributed by atoms with Gasteiger partial charge in [0.2, 0.25) is 3.79 Å². The zero-order valence-corrected chi connectivity index (χ0v) is 17.0. The number of halogens is 4. The fraction of sp³-hybridized carbons (Fsp3) is 0.133. The summed E-state index contributed by atoms with van der Waals surface area (Å²) in [5.41, 5.74) is 0.864. The normalized spacial score (nSPS) is 13.8. The van der Waals surface area contributed by atoms with E-state index in [1.54, 1.807) is 24.3 Å². The maximum atomic E-state index is 12.3. The van der Waals surface area contributed by atoms with Gasteiger partial charge in [0, 0.05) is 20.6 Å². The number of carbonyl (C=O) groups is 1. The lowest BCUT2D eigenvalue weighted by Gasteiger charge is -2.27. The average Bonchev–Trinajstić information content (AvgIpc) is 2.54. The summed E-state index contributed by atoms with van der Waals surface area (Å²) in [6.45, 7) is 0. The Kier molecular flexibility index (Phi) is 7.13. The van der Waals surface area contributed by atoms with E-state index in [2.05, 4.69) is 26.6 Å². The quantitative estimate of drug-likeness (QED) is 0.377. The Morgan fingerprint density at radius 1 is 1.08 bits per heavy atom. The van der Waals surface area contributed by atoms with Gasteiger partial charge in [0.25, 0.3) is 5.91 Å². The van der Waals surface area contributed by atoms with Crippen molar-refractivity contribution >= 4 is 73.4 Å². The maximum Gasteiger partial charge on any atom is 0.252 e. The number of anilines is 1. The summed E-state index contributed by atoms with van der Waals surface area (Å²) in [6.07, 6.45) is -1.04. The fourth-order valence-electron chi connectivity index (χ4n) is 1.84. The molecule has 0 aliphatic carbocycles. The zero-order valence-electron chi connectivity index (χ0n) is 12.3. The van der Waals surface area contributed by atoms with E-state index in [9.17, 15) is 13.6 Å². The Bertz CT molecular complexity index is 767. The topological polar surface area (TPSA) is 81.3 Å². The van der Waals surface area contributed by atoms with Crippen molar-refractivity contribution in [2.24, 2.45) is 0 Å². The van der Waals surface area contributed by atoms with Crippen LogP contribution in [0.1, 0.15) is 10.4 Å². The second-order valence-electron chi connectivity index (χ2n) is 4.86. The summed E-state index contributed by atoms with van der Waals surface area (Å²) in [5.74, 6) is -0.436. The zero-order chi connectivity index (χ0) is 18.6. The third kappa shape index (κ3) is 6.13. The molecule has 2 rings (SSSR count). The molecular weight excluding hydrogens is 475 g/mol. The SMILES string of the molecule is O=C(NC(Nc1ccc(S(=O)[O-])cc1)C(Cl)(Cl)Cl)c1ccc(Br)cc1. The van der Waals surface area contributed by atoms with Crippen LogP contribution in [0.15, 0.2) is 57.9 Å². The highest BCUT2D eigenvalue weighted by molar-refractivity contribution is 9.10. The van der Waals surface area contributed by atoms with Crippen LogP contribution < -0.4 is 10.6 Å². The van der Waals surface area contributed by atoms with Crippen molar-refractivity contribution in [3.63, 3.8) is 0 Å². The van der Waals surface area contributed by atoms with E-state index >= 15 is 0 Å². The first kappa shape index (κ1) is 20.5. The molecule has 0 saturated carbocycles. The minimum atomic E-state index is -2.33. The standard InChI is InChI=1S/C15H12BrCl3N2O3S/c16-10-3-1-9(2-4-10)13(22)21-14(15(17,18)19)20-11-5-7-12(8-6-11)25(23)24/h1-8,14,20H,(H,21,22)(H,23,24)/p-1. The van der Waals surface area contributed by atoms with Crippen molar-refractivity contribution in [1.29, 1.82) is 0 Å². The van der Waals surface area contributed by atoms with Gasteiger partial charge < -0.3 is 15.2 Å². The first-order valence-corrected chi connectivity index (χ1v) is 9.76. The Hall–Kier alpha value is -0.830. The predicted octanol–water partition coefficient (Wildman–Crippen LogP) is 4.23. The minimum Gasteiger partial charge on any atom is -0.768 e. The molecule has 2 unspecified atom stereocenters. The summed E-state index contributed by atoms with van der Waals surface area (Å²) in [5, 5.41) is 5.45. The molecule has 0 fully saturated rings. The second kappa shape index (κ2) is 8.70. The smallest absolute Gasteiger partial charge is 0.252 e. The molecule has 2 atom stereocenters. The molecule has 1 amide bonds. The summed E-state index contributed by atoms with van der Waals surface area (Å²) in [7, 11) is 0. The van der Waals surface area contributed by atoms with Gasteiger partial charge in [-0.2, -0.15) is 0 Å². The number of hydrogen-bond donors (Lipinski definition) is 2. The Morgan fingerprint density at radius 3 is 2.12 bits per heavy atom. The molecule has 0 aliphatic rings. The lowest BCUT2D eigenvalue weighted by atomic mass is 10.2. The fourth-order valence-corrected chi connectivity index (χ4v) is 2.79. The van der Waals surface area contributed by atoms with Gasteiger partial charge in [0.05, 0.1) is 0 Å². The first-order chi connectivity index (χ1) is 11.7. The van der Waals surface area contributed by atoms with Crippen LogP contribution in [0.2, 0.25) is 0 Å². The molecule has 0 aliphatic heterocycles. The Labute approximate surface area is 170 Å². The summed E-state index contributed by atoms with van der Waals surface area (Å²) in [6, 6.07) is 12.4. The Morgan fingerprint density at radius 2 is 1.64 bits per heavy atom. The molecule has 134 valence electrons. The van der Waals surface area contributed by atoms with Crippen LogP contribution in [-0.4, -0.2) is 24.6 Å². The number of carbonyl (C=O) groups excluding carboxylic acids is 1. The van der Waals surface area contributed by atoms with E-state index < -0.39 is 26.9 Å². The molecule has 10 heteroatoms. The number of benzene rings is 2. The third-order valence-electron chi connectivity index (χ3n) is 3.07.